The highest BCUT2D eigenvalue weighted by Gasteiger charge is 2.20. The second-order valence-corrected chi connectivity index (χ2v) is 6.77. The highest BCUT2D eigenvalue weighted by atomic mass is 35.5. The van der Waals surface area contributed by atoms with Crippen molar-refractivity contribution in [1.82, 2.24) is 0 Å². The Morgan fingerprint density at radius 3 is 2.38 bits per heavy atom. The van der Waals surface area contributed by atoms with Crippen LogP contribution in [0.3, 0.4) is 0 Å². The molecule has 0 amide bonds. The summed E-state index contributed by atoms with van der Waals surface area (Å²) in [6, 6.07) is 13.7. The molecule has 2 aromatic carbocycles. The highest BCUT2D eigenvalue weighted by Crippen LogP contribution is 2.39. The molecule has 0 bridgehead atoms. The van der Waals surface area contributed by atoms with Gasteiger partial charge in [0.05, 0.1) is 0 Å². The standard InChI is InChI=1S/C19H20ClN/c20-15-8-6-13-10-14-7-9-17(12-19(14)18(13)11-15)21-16-4-2-1-3-5-16/h6-9,11-12,16,21H,1-5,10H2. The van der Waals surface area contributed by atoms with Crippen molar-refractivity contribution in [3.8, 4) is 11.1 Å². The Labute approximate surface area is 131 Å². The molecule has 1 saturated carbocycles. The molecular formula is C19H20ClN. The summed E-state index contributed by atoms with van der Waals surface area (Å²) < 4.78 is 0. The van der Waals surface area contributed by atoms with E-state index >= 15 is 0 Å². The molecule has 0 unspecified atom stereocenters. The summed E-state index contributed by atoms with van der Waals surface area (Å²) in [7, 11) is 0. The SMILES string of the molecule is Clc1ccc2c(c1)-c1cc(NC3CCCCC3)ccc1C2. The summed E-state index contributed by atoms with van der Waals surface area (Å²) in [6.07, 6.45) is 7.76. The number of halogens is 1. The minimum Gasteiger partial charge on any atom is -0.382 e. The van der Waals surface area contributed by atoms with Gasteiger partial charge in [-0.3, -0.25) is 0 Å². The molecule has 0 spiro atoms. The van der Waals surface area contributed by atoms with Crippen LogP contribution in [0.25, 0.3) is 11.1 Å². The van der Waals surface area contributed by atoms with E-state index in [1.165, 1.54) is 60.0 Å². The quantitative estimate of drug-likeness (QED) is 0.644. The fourth-order valence-electron chi connectivity index (χ4n) is 3.71. The minimum absolute atomic E-state index is 0.650. The molecule has 1 N–H and O–H groups in total. The molecule has 2 aliphatic carbocycles. The Morgan fingerprint density at radius 2 is 1.57 bits per heavy atom. The van der Waals surface area contributed by atoms with Gasteiger partial charge in [0.15, 0.2) is 0 Å². The predicted octanol–water partition coefficient (Wildman–Crippen LogP) is 5.66. The van der Waals surface area contributed by atoms with Gasteiger partial charge in [-0.2, -0.15) is 0 Å². The molecule has 1 fully saturated rings. The first kappa shape index (κ1) is 13.2. The number of rotatable bonds is 2. The van der Waals surface area contributed by atoms with E-state index in [9.17, 15) is 0 Å². The lowest BCUT2D eigenvalue weighted by atomic mass is 9.95. The van der Waals surface area contributed by atoms with Gasteiger partial charge in [0.1, 0.15) is 0 Å². The third-order valence-electron chi connectivity index (χ3n) is 4.83. The van der Waals surface area contributed by atoms with Gasteiger partial charge in [0.2, 0.25) is 0 Å². The van der Waals surface area contributed by atoms with Crippen molar-refractivity contribution in [2.45, 2.75) is 44.6 Å². The topological polar surface area (TPSA) is 12.0 Å². The van der Waals surface area contributed by atoms with Gasteiger partial charge in [-0.05, 0) is 65.8 Å². The highest BCUT2D eigenvalue weighted by molar-refractivity contribution is 6.31. The third kappa shape index (κ3) is 2.55. The van der Waals surface area contributed by atoms with Gasteiger partial charge < -0.3 is 5.32 Å². The van der Waals surface area contributed by atoms with E-state index in [0.29, 0.717) is 6.04 Å². The van der Waals surface area contributed by atoms with E-state index in [-0.39, 0.29) is 0 Å². The van der Waals surface area contributed by atoms with Gasteiger partial charge in [0, 0.05) is 16.8 Å². The van der Waals surface area contributed by atoms with E-state index in [1.807, 2.05) is 6.07 Å². The second-order valence-electron chi connectivity index (χ2n) is 6.33. The van der Waals surface area contributed by atoms with E-state index in [4.69, 9.17) is 11.6 Å². The summed E-state index contributed by atoms with van der Waals surface area (Å²) in [6.45, 7) is 0. The molecule has 0 atom stereocenters. The summed E-state index contributed by atoms with van der Waals surface area (Å²) in [5.41, 5.74) is 6.73. The lowest BCUT2D eigenvalue weighted by Gasteiger charge is -2.24. The van der Waals surface area contributed by atoms with Crippen molar-refractivity contribution in [3.63, 3.8) is 0 Å². The molecule has 21 heavy (non-hydrogen) atoms. The van der Waals surface area contributed by atoms with Crippen molar-refractivity contribution in [3.05, 3.63) is 52.5 Å². The zero-order chi connectivity index (χ0) is 14.2. The third-order valence-corrected chi connectivity index (χ3v) is 5.06. The fourth-order valence-corrected chi connectivity index (χ4v) is 3.88. The van der Waals surface area contributed by atoms with Crippen LogP contribution < -0.4 is 5.32 Å². The zero-order valence-corrected chi connectivity index (χ0v) is 12.9. The number of benzene rings is 2. The van der Waals surface area contributed by atoms with Crippen LogP contribution in [0, 0.1) is 0 Å². The monoisotopic (exact) mass is 297 g/mol. The Kier molecular flexibility index (Phi) is 3.39. The smallest absolute Gasteiger partial charge is 0.0412 e. The van der Waals surface area contributed by atoms with Crippen molar-refractivity contribution >= 4 is 17.3 Å². The average molecular weight is 298 g/mol. The van der Waals surface area contributed by atoms with Gasteiger partial charge in [0.25, 0.3) is 0 Å². The molecule has 0 aliphatic heterocycles. The van der Waals surface area contributed by atoms with Crippen LogP contribution in [0.4, 0.5) is 5.69 Å². The van der Waals surface area contributed by atoms with Crippen molar-refractivity contribution < 1.29 is 0 Å². The van der Waals surface area contributed by atoms with E-state index < -0.39 is 0 Å². The van der Waals surface area contributed by atoms with Crippen LogP contribution >= 0.6 is 11.6 Å². The number of anilines is 1. The number of fused-ring (bicyclic) bond motifs is 3. The second kappa shape index (κ2) is 5.38. The van der Waals surface area contributed by atoms with E-state index in [0.717, 1.165) is 11.4 Å². The van der Waals surface area contributed by atoms with Crippen LogP contribution in [0.5, 0.6) is 0 Å². The molecule has 0 saturated heterocycles. The van der Waals surface area contributed by atoms with Crippen molar-refractivity contribution in [1.29, 1.82) is 0 Å². The molecule has 0 aromatic heterocycles. The number of hydrogen-bond donors (Lipinski definition) is 1. The Bertz CT molecular complexity index is 671. The van der Waals surface area contributed by atoms with Crippen molar-refractivity contribution in [2.75, 3.05) is 5.32 Å². The largest absolute Gasteiger partial charge is 0.382 e. The van der Waals surface area contributed by atoms with Gasteiger partial charge in [-0.25, -0.2) is 0 Å². The number of nitrogens with one attached hydrogen (secondary N) is 1. The zero-order valence-electron chi connectivity index (χ0n) is 12.2. The summed E-state index contributed by atoms with van der Waals surface area (Å²) in [5.74, 6) is 0. The first-order valence-corrected chi connectivity index (χ1v) is 8.36. The summed E-state index contributed by atoms with van der Waals surface area (Å²) in [4.78, 5) is 0. The van der Waals surface area contributed by atoms with Gasteiger partial charge in [-0.15, -0.1) is 0 Å². The van der Waals surface area contributed by atoms with Crippen LogP contribution in [-0.2, 0) is 6.42 Å². The maximum atomic E-state index is 6.17. The molecule has 1 nitrogen and oxygen atoms in total. The molecule has 4 rings (SSSR count). The first-order valence-electron chi connectivity index (χ1n) is 7.98. The number of hydrogen-bond acceptors (Lipinski definition) is 1. The van der Waals surface area contributed by atoms with Crippen LogP contribution in [0.1, 0.15) is 43.2 Å². The van der Waals surface area contributed by atoms with Gasteiger partial charge in [-0.1, -0.05) is 43.0 Å². The minimum atomic E-state index is 0.650. The maximum absolute atomic E-state index is 6.17. The van der Waals surface area contributed by atoms with Crippen LogP contribution in [0.2, 0.25) is 5.02 Å². The predicted molar refractivity (Wildman–Crippen MR) is 90.2 cm³/mol. The molecule has 2 aromatic rings. The van der Waals surface area contributed by atoms with E-state index in [1.54, 1.807) is 0 Å². The lowest BCUT2D eigenvalue weighted by Crippen LogP contribution is -2.22. The molecule has 108 valence electrons. The summed E-state index contributed by atoms with van der Waals surface area (Å²) in [5, 5.41) is 4.55. The molecule has 2 heteroatoms. The molecule has 2 aliphatic rings. The van der Waals surface area contributed by atoms with E-state index in [2.05, 4.69) is 35.6 Å². The Morgan fingerprint density at radius 1 is 0.857 bits per heavy atom. The van der Waals surface area contributed by atoms with Gasteiger partial charge >= 0.3 is 0 Å². The Balaban J connectivity index is 1.64. The van der Waals surface area contributed by atoms with Crippen molar-refractivity contribution in [2.24, 2.45) is 0 Å². The lowest BCUT2D eigenvalue weighted by molar-refractivity contribution is 0.463. The van der Waals surface area contributed by atoms with Crippen LogP contribution in [0.15, 0.2) is 36.4 Å². The Hall–Kier alpha value is -1.47. The normalized spacial score (nSPS) is 17.4. The summed E-state index contributed by atoms with van der Waals surface area (Å²) >= 11 is 6.17. The first-order chi connectivity index (χ1) is 10.3. The molecule has 0 radical (unpaired) electrons. The maximum Gasteiger partial charge on any atom is 0.0412 e. The van der Waals surface area contributed by atoms with Crippen LogP contribution in [-0.4, -0.2) is 6.04 Å². The molecule has 0 heterocycles. The molecular weight excluding hydrogens is 278 g/mol. The fraction of sp³-hybridized carbons (Fsp3) is 0.368. The average Bonchev–Trinajstić information content (AvgIpc) is 2.86.